The minimum absolute atomic E-state index is 0.265. The van der Waals surface area contributed by atoms with E-state index in [0.29, 0.717) is 12.4 Å². The van der Waals surface area contributed by atoms with Gasteiger partial charge in [-0.2, -0.15) is 0 Å². The molecule has 0 saturated heterocycles. The van der Waals surface area contributed by atoms with Gasteiger partial charge in [0.15, 0.2) is 5.69 Å². The summed E-state index contributed by atoms with van der Waals surface area (Å²) >= 11 is 0. The summed E-state index contributed by atoms with van der Waals surface area (Å²) in [5, 5.41) is 13.7. The highest BCUT2D eigenvalue weighted by Crippen LogP contribution is 2.23. The summed E-state index contributed by atoms with van der Waals surface area (Å²) in [7, 11) is 1.55. The van der Waals surface area contributed by atoms with E-state index in [4.69, 9.17) is 5.73 Å². The molecule has 1 aromatic carbocycles. The van der Waals surface area contributed by atoms with E-state index in [1.807, 2.05) is 37.3 Å². The molecule has 1 unspecified atom stereocenters. The van der Waals surface area contributed by atoms with Crippen LogP contribution in [0, 0.1) is 0 Å². The molecule has 1 amide bonds. The molecule has 21 heavy (non-hydrogen) atoms. The van der Waals surface area contributed by atoms with Gasteiger partial charge in [-0.15, -0.1) is 10.2 Å². The lowest BCUT2D eigenvalue weighted by molar-refractivity contribution is 0.0957. The highest BCUT2D eigenvalue weighted by Gasteiger charge is 2.25. The lowest BCUT2D eigenvalue weighted by Crippen LogP contribution is -2.40. The van der Waals surface area contributed by atoms with Crippen molar-refractivity contribution in [2.24, 2.45) is 5.73 Å². The van der Waals surface area contributed by atoms with E-state index >= 15 is 0 Å². The summed E-state index contributed by atoms with van der Waals surface area (Å²) in [6.45, 7) is 2.40. The van der Waals surface area contributed by atoms with Crippen LogP contribution in [-0.4, -0.2) is 29.7 Å². The van der Waals surface area contributed by atoms with Gasteiger partial charge < -0.3 is 16.4 Å². The van der Waals surface area contributed by atoms with Crippen LogP contribution in [0.15, 0.2) is 42.5 Å². The Morgan fingerprint density at radius 1 is 1.19 bits per heavy atom. The Hall–Kier alpha value is -2.47. The standard InChI is InChI=1S/C15H19N5O/c1-15(10-16,11-6-4-3-5-7-11)18-13-9-8-12(19-20-13)14(21)17-2/h3-9H,10,16H2,1-2H3,(H,17,21)(H,18,20). The molecule has 0 fully saturated rings. The van der Waals surface area contributed by atoms with Crippen molar-refractivity contribution in [3.05, 3.63) is 53.7 Å². The van der Waals surface area contributed by atoms with Crippen molar-refractivity contribution in [2.75, 3.05) is 18.9 Å². The predicted molar refractivity (Wildman–Crippen MR) is 81.9 cm³/mol. The summed E-state index contributed by atoms with van der Waals surface area (Å²) in [6.07, 6.45) is 0. The van der Waals surface area contributed by atoms with Crippen molar-refractivity contribution in [1.82, 2.24) is 15.5 Å². The second-order valence-electron chi connectivity index (χ2n) is 4.91. The summed E-state index contributed by atoms with van der Waals surface area (Å²) in [5.41, 5.74) is 6.79. The Morgan fingerprint density at radius 2 is 1.90 bits per heavy atom. The molecular formula is C15H19N5O. The summed E-state index contributed by atoms with van der Waals surface area (Å²) in [5.74, 6) is 0.304. The lowest BCUT2D eigenvalue weighted by atomic mass is 9.92. The summed E-state index contributed by atoms with van der Waals surface area (Å²) < 4.78 is 0. The third kappa shape index (κ3) is 3.35. The van der Waals surface area contributed by atoms with Gasteiger partial charge in [-0.25, -0.2) is 0 Å². The number of carbonyl (C=O) groups excluding carboxylic acids is 1. The molecule has 1 atom stereocenters. The molecule has 0 aliphatic heterocycles. The van der Waals surface area contributed by atoms with Crippen molar-refractivity contribution in [3.8, 4) is 0 Å². The predicted octanol–water partition coefficient (Wildman–Crippen LogP) is 1.12. The van der Waals surface area contributed by atoms with Gasteiger partial charge in [0.2, 0.25) is 0 Å². The number of aromatic nitrogens is 2. The van der Waals surface area contributed by atoms with Crippen molar-refractivity contribution in [3.63, 3.8) is 0 Å². The Kier molecular flexibility index (Phi) is 4.49. The van der Waals surface area contributed by atoms with E-state index in [-0.39, 0.29) is 11.6 Å². The fourth-order valence-electron chi connectivity index (χ4n) is 1.98. The van der Waals surface area contributed by atoms with Crippen molar-refractivity contribution >= 4 is 11.7 Å². The van der Waals surface area contributed by atoms with Crippen LogP contribution in [0.5, 0.6) is 0 Å². The van der Waals surface area contributed by atoms with Crippen LogP contribution in [0.1, 0.15) is 23.0 Å². The molecule has 1 heterocycles. The van der Waals surface area contributed by atoms with Gasteiger partial charge in [0, 0.05) is 13.6 Å². The molecular weight excluding hydrogens is 266 g/mol. The molecule has 1 aromatic heterocycles. The fraction of sp³-hybridized carbons (Fsp3) is 0.267. The molecule has 0 bridgehead atoms. The first-order chi connectivity index (χ1) is 10.1. The molecule has 0 saturated carbocycles. The fourth-order valence-corrected chi connectivity index (χ4v) is 1.98. The number of rotatable bonds is 5. The smallest absolute Gasteiger partial charge is 0.271 e. The second-order valence-corrected chi connectivity index (χ2v) is 4.91. The van der Waals surface area contributed by atoms with E-state index in [1.54, 1.807) is 19.2 Å². The monoisotopic (exact) mass is 285 g/mol. The number of anilines is 1. The minimum Gasteiger partial charge on any atom is -0.358 e. The molecule has 0 radical (unpaired) electrons. The number of hydrogen-bond acceptors (Lipinski definition) is 5. The number of nitrogens with one attached hydrogen (secondary N) is 2. The maximum Gasteiger partial charge on any atom is 0.271 e. The van der Waals surface area contributed by atoms with Crippen LogP contribution in [0.3, 0.4) is 0 Å². The zero-order valence-electron chi connectivity index (χ0n) is 12.1. The Bertz CT molecular complexity index is 599. The number of hydrogen-bond donors (Lipinski definition) is 3. The normalized spacial score (nSPS) is 13.3. The largest absolute Gasteiger partial charge is 0.358 e. The quantitative estimate of drug-likeness (QED) is 0.765. The van der Waals surface area contributed by atoms with Crippen LogP contribution >= 0.6 is 0 Å². The average Bonchev–Trinajstić information content (AvgIpc) is 2.55. The Balaban J connectivity index is 2.21. The van der Waals surface area contributed by atoms with Crippen LogP contribution in [0.2, 0.25) is 0 Å². The topological polar surface area (TPSA) is 92.9 Å². The summed E-state index contributed by atoms with van der Waals surface area (Å²) in [4.78, 5) is 11.4. The zero-order chi connectivity index (χ0) is 15.3. The number of nitrogens with two attached hydrogens (primary N) is 1. The molecule has 6 heteroatoms. The highest BCUT2D eigenvalue weighted by molar-refractivity contribution is 5.91. The third-order valence-corrected chi connectivity index (χ3v) is 3.35. The average molecular weight is 285 g/mol. The first-order valence-corrected chi connectivity index (χ1v) is 6.68. The van der Waals surface area contributed by atoms with Crippen LogP contribution < -0.4 is 16.4 Å². The van der Waals surface area contributed by atoms with Gasteiger partial charge in [-0.05, 0) is 24.6 Å². The number of carbonyl (C=O) groups is 1. The maximum atomic E-state index is 11.4. The molecule has 110 valence electrons. The van der Waals surface area contributed by atoms with Gasteiger partial charge in [0.05, 0.1) is 5.54 Å². The van der Waals surface area contributed by atoms with Gasteiger partial charge in [-0.3, -0.25) is 4.79 Å². The first-order valence-electron chi connectivity index (χ1n) is 6.68. The number of benzene rings is 1. The number of amides is 1. The van der Waals surface area contributed by atoms with Crippen LogP contribution in [-0.2, 0) is 5.54 Å². The molecule has 0 aliphatic carbocycles. The minimum atomic E-state index is -0.454. The van der Waals surface area contributed by atoms with Gasteiger partial charge in [-0.1, -0.05) is 30.3 Å². The molecule has 0 aliphatic rings. The molecule has 2 aromatic rings. The van der Waals surface area contributed by atoms with Crippen molar-refractivity contribution < 1.29 is 4.79 Å². The Labute approximate surface area is 123 Å². The van der Waals surface area contributed by atoms with E-state index < -0.39 is 5.54 Å². The lowest BCUT2D eigenvalue weighted by Gasteiger charge is -2.30. The van der Waals surface area contributed by atoms with E-state index in [0.717, 1.165) is 5.56 Å². The first kappa shape index (κ1) is 14.9. The second kappa shape index (κ2) is 6.32. The van der Waals surface area contributed by atoms with Gasteiger partial charge >= 0.3 is 0 Å². The van der Waals surface area contributed by atoms with Crippen molar-refractivity contribution in [1.29, 1.82) is 0 Å². The van der Waals surface area contributed by atoms with E-state index in [2.05, 4.69) is 20.8 Å². The van der Waals surface area contributed by atoms with E-state index in [1.165, 1.54) is 0 Å². The molecule has 2 rings (SSSR count). The third-order valence-electron chi connectivity index (χ3n) is 3.35. The van der Waals surface area contributed by atoms with Gasteiger partial charge in [0.25, 0.3) is 5.91 Å². The number of nitrogens with zero attached hydrogens (tertiary/aromatic N) is 2. The molecule has 4 N–H and O–H groups in total. The molecule has 6 nitrogen and oxygen atoms in total. The van der Waals surface area contributed by atoms with Crippen LogP contribution in [0.4, 0.5) is 5.82 Å². The van der Waals surface area contributed by atoms with Crippen molar-refractivity contribution in [2.45, 2.75) is 12.5 Å². The van der Waals surface area contributed by atoms with Gasteiger partial charge in [0.1, 0.15) is 5.82 Å². The Morgan fingerprint density at radius 3 is 2.43 bits per heavy atom. The maximum absolute atomic E-state index is 11.4. The SMILES string of the molecule is CNC(=O)c1ccc(NC(C)(CN)c2ccccc2)nn1. The van der Waals surface area contributed by atoms with E-state index in [9.17, 15) is 4.79 Å². The summed E-state index contributed by atoms with van der Waals surface area (Å²) in [6, 6.07) is 13.2. The van der Waals surface area contributed by atoms with Crippen LogP contribution in [0.25, 0.3) is 0 Å². The highest BCUT2D eigenvalue weighted by atomic mass is 16.1. The zero-order valence-corrected chi connectivity index (χ0v) is 12.1. The molecule has 0 spiro atoms.